The molecule has 1 N–H and O–H groups in total. The molecule has 180 valence electrons. The lowest BCUT2D eigenvalue weighted by Crippen LogP contribution is -2.37. The molecule has 0 bridgehead atoms. The Hall–Kier alpha value is -2.84. The standard InChI is InChI=1S/C26H34N6OS/c1-16(2)23(24-28-29-30-32(24)26(5,6)7)31(15-21-9-8-10-34-21)14-20-13-19-11-17(3)18(4)12-22(19)27-25(20)33/h8-13,16,23H,14-15H2,1-7H3,(H,27,33). The molecule has 0 aliphatic rings. The minimum Gasteiger partial charge on any atom is -0.322 e. The molecule has 0 saturated heterocycles. The molecule has 1 aromatic carbocycles. The van der Waals surface area contributed by atoms with Crippen LogP contribution in [0.4, 0.5) is 0 Å². The summed E-state index contributed by atoms with van der Waals surface area (Å²) in [5, 5.41) is 15.9. The summed E-state index contributed by atoms with van der Waals surface area (Å²) in [7, 11) is 0. The third kappa shape index (κ3) is 4.98. The zero-order valence-electron chi connectivity index (χ0n) is 21.1. The molecule has 4 rings (SSSR count). The Morgan fingerprint density at radius 1 is 1.12 bits per heavy atom. The number of aromatic amines is 1. The van der Waals surface area contributed by atoms with E-state index in [-0.39, 0.29) is 23.1 Å². The van der Waals surface area contributed by atoms with E-state index in [0.29, 0.717) is 13.1 Å². The lowest BCUT2D eigenvalue weighted by Gasteiger charge is -2.35. The van der Waals surface area contributed by atoms with Crippen molar-refractivity contribution in [1.82, 2.24) is 30.1 Å². The van der Waals surface area contributed by atoms with Crippen LogP contribution in [0.15, 0.2) is 40.5 Å². The maximum atomic E-state index is 13.1. The summed E-state index contributed by atoms with van der Waals surface area (Å²) in [5.41, 5.74) is 3.70. The molecule has 8 heteroatoms. The number of nitrogens with zero attached hydrogens (tertiary/aromatic N) is 5. The second kappa shape index (κ2) is 9.43. The maximum Gasteiger partial charge on any atom is 0.252 e. The van der Waals surface area contributed by atoms with Gasteiger partial charge in [0.1, 0.15) is 0 Å². The van der Waals surface area contributed by atoms with Crippen molar-refractivity contribution in [3.8, 4) is 0 Å². The molecule has 1 atom stereocenters. The van der Waals surface area contributed by atoms with Gasteiger partial charge in [-0.1, -0.05) is 19.9 Å². The smallest absolute Gasteiger partial charge is 0.252 e. The summed E-state index contributed by atoms with van der Waals surface area (Å²) < 4.78 is 1.91. The number of nitrogens with one attached hydrogen (secondary N) is 1. The van der Waals surface area contributed by atoms with Gasteiger partial charge in [-0.05, 0) is 97.1 Å². The van der Waals surface area contributed by atoms with E-state index in [4.69, 9.17) is 0 Å². The molecule has 7 nitrogen and oxygen atoms in total. The van der Waals surface area contributed by atoms with Crippen LogP contribution < -0.4 is 5.56 Å². The van der Waals surface area contributed by atoms with Gasteiger partial charge in [0, 0.05) is 29.0 Å². The van der Waals surface area contributed by atoms with Crippen LogP contribution in [0, 0.1) is 19.8 Å². The molecule has 0 amide bonds. The van der Waals surface area contributed by atoms with Crippen LogP contribution >= 0.6 is 11.3 Å². The van der Waals surface area contributed by atoms with Crippen LogP contribution in [0.2, 0.25) is 0 Å². The largest absolute Gasteiger partial charge is 0.322 e. The fraction of sp³-hybridized carbons (Fsp3) is 0.462. The molecule has 4 aromatic rings. The highest BCUT2D eigenvalue weighted by Crippen LogP contribution is 2.32. The van der Waals surface area contributed by atoms with Crippen LogP contribution in [-0.2, 0) is 18.6 Å². The predicted octanol–water partition coefficient (Wildman–Crippen LogP) is 5.35. The van der Waals surface area contributed by atoms with Gasteiger partial charge in [-0.15, -0.1) is 16.4 Å². The van der Waals surface area contributed by atoms with Crippen molar-refractivity contribution in [3.05, 3.63) is 73.5 Å². The van der Waals surface area contributed by atoms with Crippen LogP contribution in [-0.4, -0.2) is 30.1 Å². The van der Waals surface area contributed by atoms with Crippen molar-refractivity contribution in [2.24, 2.45) is 5.92 Å². The fourth-order valence-corrected chi connectivity index (χ4v) is 5.18. The first-order valence-corrected chi connectivity index (χ1v) is 12.6. The highest BCUT2D eigenvalue weighted by molar-refractivity contribution is 7.09. The number of aromatic nitrogens is 5. The lowest BCUT2D eigenvalue weighted by molar-refractivity contribution is 0.121. The van der Waals surface area contributed by atoms with Crippen LogP contribution in [0.5, 0.6) is 0 Å². The number of hydrogen-bond acceptors (Lipinski definition) is 6. The number of fused-ring (bicyclic) bond motifs is 1. The number of thiophene rings is 1. The van der Waals surface area contributed by atoms with E-state index in [1.807, 2.05) is 16.8 Å². The molecule has 3 aromatic heterocycles. The second-order valence-electron chi connectivity index (χ2n) is 10.4. The minimum atomic E-state index is -0.254. The van der Waals surface area contributed by atoms with E-state index >= 15 is 0 Å². The van der Waals surface area contributed by atoms with Gasteiger partial charge in [0.05, 0.1) is 11.6 Å². The van der Waals surface area contributed by atoms with Crippen LogP contribution in [0.1, 0.15) is 68.1 Å². The van der Waals surface area contributed by atoms with Crippen LogP contribution in [0.3, 0.4) is 0 Å². The van der Waals surface area contributed by atoms with Gasteiger partial charge in [-0.25, -0.2) is 4.68 Å². The summed E-state index contributed by atoms with van der Waals surface area (Å²) in [5.74, 6) is 1.05. The first-order chi connectivity index (χ1) is 16.0. The average molecular weight is 479 g/mol. The maximum absolute atomic E-state index is 13.1. The van der Waals surface area contributed by atoms with E-state index in [1.54, 1.807) is 11.3 Å². The second-order valence-corrected chi connectivity index (χ2v) is 11.5. The lowest BCUT2D eigenvalue weighted by atomic mass is 9.98. The van der Waals surface area contributed by atoms with E-state index in [2.05, 4.69) is 97.5 Å². The molecular weight excluding hydrogens is 444 g/mol. The molecule has 34 heavy (non-hydrogen) atoms. The van der Waals surface area contributed by atoms with Gasteiger partial charge in [-0.2, -0.15) is 0 Å². The number of pyridine rings is 1. The first kappa shape index (κ1) is 24.3. The Morgan fingerprint density at radius 3 is 2.50 bits per heavy atom. The molecule has 0 fully saturated rings. The zero-order valence-corrected chi connectivity index (χ0v) is 21.9. The fourth-order valence-electron chi connectivity index (χ4n) is 4.45. The van der Waals surface area contributed by atoms with Crippen molar-refractivity contribution >= 4 is 22.2 Å². The Morgan fingerprint density at radius 2 is 1.85 bits per heavy atom. The van der Waals surface area contributed by atoms with Gasteiger partial charge in [-0.3, -0.25) is 9.69 Å². The SMILES string of the molecule is Cc1cc2cc(CN(Cc3cccs3)C(c3nnnn3C(C)(C)C)C(C)C)c(=O)[nH]c2cc1C. The number of rotatable bonds is 7. The zero-order chi connectivity index (χ0) is 24.6. The van der Waals surface area contributed by atoms with Crippen molar-refractivity contribution in [2.75, 3.05) is 0 Å². The van der Waals surface area contributed by atoms with Crippen molar-refractivity contribution in [3.63, 3.8) is 0 Å². The Kier molecular flexibility index (Phi) is 6.73. The molecule has 0 spiro atoms. The average Bonchev–Trinajstić information content (AvgIpc) is 3.42. The molecule has 0 aliphatic carbocycles. The van der Waals surface area contributed by atoms with Crippen molar-refractivity contribution in [2.45, 2.75) is 73.1 Å². The summed E-state index contributed by atoms with van der Waals surface area (Å²) in [4.78, 5) is 19.8. The van der Waals surface area contributed by atoms with Gasteiger partial charge in [0.25, 0.3) is 5.56 Å². The summed E-state index contributed by atoms with van der Waals surface area (Å²) >= 11 is 1.72. The highest BCUT2D eigenvalue weighted by Gasteiger charge is 2.33. The number of aryl methyl sites for hydroxylation is 2. The molecule has 1 unspecified atom stereocenters. The topological polar surface area (TPSA) is 79.7 Å². The summed E-state index contributed by atoms with van der Waals surface area (Å²) in [6.45, 7) is 16.1. The summed E-state index contributed by atoms with van der Waals surface area (Å²) in [6.07, 6.45) is 0. The van der Waals surface area contributed by atoms with Gasteiger partial charge < -0.3 is 4.98 Å². The monoisotopic (exact) mass is 478 g/mol. The Labute approximate surface area is 204 Å². The highest BCUT2D eigenvalue weighted by atomic mass is 32.1. The quantitative estimate of drug-likeness (QED) is 0.387. The number of benzene rings is 1. The third-order valence-electron chi connectivity index (χ3n) is 6.27. The molecular formula is C26H34N6OS. The number of H-pyrrole nitrogens is 1. The third-order valence-corrected chi connectivity index (χ3v) is 7.13. The van der Waals surface area contributed by atoms with Gasteiger partial charge in [0.15, 0.2) is 5.82 Å². The molecule has 0 radical (unpaired) electrons. The first-order valence-electron chi connectivity index (χ1n) is 11.7. The Balaban J connectivity index is 1.80. The summed E-state index contributed by atoms with van der Waals surface area (Å²) in [6, 6.07) is 10.4. The van der Waals surface area contributed by atoms with Gasteiger partial charge in [0.2, 0.25) is 0 Å². The van der Waals surface area contributed by atoms with E-state index in [0.717, 1.165) is 22.3 Å². The number of tetrazole rings is 1. The van der Waals surface area contributed by atoms with E-state index in [9.17, 15) is 4.79 Å². The molecule has 0 saturated carbocycles. The Bertz CT molecular complexity index is 1330. The molecule has 0 aliphatic heterocycles. The van der Waals surface area contributed by atoms with Crippen LogP contribution in [0.25, 0.3) is 10.9 Å². The van der Waals surface area contributed by atoms with Gasteiger partial charge >= 0.3 is 0 Å². The van der Waals surface area contributed by atoms with Crippen molar-refractivity contribution in [1.29, 1.82) is 0 Å². The minimum absolute atomic E-state index is 0.0511. The number of hydrogen-bond donors (Lipinski definition) is 1. The molecule has 3 heterocycles. The van der Waals surface area contributed by atoms with Crippen molar-refractivity contribution < 1.29 is 0 Å². The van der Waals surface area contributed by atoms with E-state index < -0.39 is 0 Å². The van der Waals surface area contributed by atoms with E-state index in [1.165, 1.54) is 16.0 Å². The normalized spacial score (nSPS) is 13.3. The predicted molar refractivity (Wildman–Crippen MR) is 138 cm³/mol.